The summed E-state index contributed by atoms with van der Waals surface area (Å²) in [5.74, 6) is -6.78. The molecule has 0 aliphatic carbocycles. The highest BCUT2D eigenvalue weighted by atomic mass is 16.6. The number of carboxylic acid groups (broad SMARTS) is 4. The van der Waals surface area contributed by atoms with Crippen molar-refractivity contribution in [2.24, 2.45) is 0 Å². The molecule has 0 aliphatic heterocycles. The molecule has 0 radical (unpaired) electrons. The lowest BCUT2D eigenvalue weighted by atomic mass is 9.76. The number of hydrogen-bond donors (Lipinski definition) is 4. The molecule has 13 nitrogen and oxygen atoms in total. The quantitative estimate of drug-likeness (QED) is 0.106. The standard InChI is InChI=1S/C34H26O13/c1-3-28(35)47-33(44)34(2,18-4-8-20(9-5-18)45-22-12-14-24(29(36)37)26(16-22)31(40)41)19-6-10-21(11-7-19)46-23-13-15-25(30(38)39)27(17-23)32(42)43/h4-17H,3H2,1-2H3,(H,36,37)(H,38,39)(H,40,41)(H,42,43). The summed E-state index contributed by atoms with van der Waals surface area (Å²) >= 11 is 0. The van der Waals surface area contributed by atoms with E-state index in [-0.39, 0.29) is 29.4 Å². The fourth-order valence-electron chi connectivity index (χ4n) is 4.57. The van der Waals surface area contributed by atoms with Gasteiger partial charge in [0.2, 0.25) is 0 Å². The van der Waals surface area contributed by atoms with Crippen LogP contribution in [0.5, 0.6) is 23.0 Å². The van der Waals surface area contributed by atoms with Crippen molar-refractivity contribution in [1.29, 1.82) is 0 Å². The van der Waals surface area contributed by atoms with Crippen LogP contribution in [0.1, 0.15) is 72.8 Å². The second kappa shape index (κ2) is 13.6. The van der Waals surface area contributed by atoms with Gasteiger partial charge in [-0.15, -0.1) is 0 Å². The zero-order valence-corrected chi connectivity index (χ0v) is 24.8. The second-order valence-corrected chi connectivity index (χ2v) is 10.1. The van der Waals surface area contributed by atoms with Crippen LogP contribution >= 0.6 is 0 Å². The van der Waals surface area contributed by atoms with E-state index in [2.05, 4.69) is 0 Å². The summed E-state index contributed by atoms with van der Waals surface area (Å²) in [4.78, 5) is 71.3. The SMILES string of the molecule is CCC(=O)OC(=O)C(C)(c1ccc(Oc2ccc(C(=O)O)c(C(=O)O)c2)cc1)c1ccc(Oc2ccc(C(=O)O)c(C(=O)O)c2)cc1. The Morgan fingerprint density at radius 2 is 0.872 bits per heavy atom. The molecule has 0 saturated heterocycles. The first-order valence-corrected chi connectivity index (χ1v) is 13.8. The van der Waals surface area contributed by atoms with Gasteiger partial charge in [-0.05, 0) is 78.7 Å². The lowest BCUT2D eigenvalue weighted by Gasteiger charge is -2.28. The summed E-state index contributed by atoms with van der Waals surface area (Å²) in [7, 11) is 0. The van der Waals surface area contributed by atoms with Crippen molar-refractivity contribution in [2.45, 2.75) is 25.7 Å². The number of carboxylic acids is 4. The minimum absolute atomic E-state index is 0.0551. The monoisotopic (exact) mass is 642 g/mol. The number of carbonyl (C=O) groups excluding carboxylic acids is 2. The largest absolute Gasteiger partial charge is 0.478 e. The Bertz CT molecular complexity index is 1770. The first-order valence-electron chi connectivity index (χ1n) is 13.8. The Morgan fingerprint density at radius 3 is 1.19 bits per heavy atom. The molecule has 0 aliphatic rings. The molecule has 0 amide bonds. The van der Waals surface area contributed by atoms with Crippen LogP contribution in [0.4, 0.5) is 0 Å². The van der Waals surface area contributed by atoms with Gasteiger partial charge in [0.1, 0.15) is 28.4 Å². The molecular formula is C34H26O13. The Morgan fingerprint density at radius 1 is 0.532 bits per heavy atom. The van der Waals surface area contributed by atoms with Crippen LogP contribution < -0.4 is 9.47 Å². The Balaban J connectivity index is 1.64. The molecule has 47 heavy (non-hydrogen) atoms. The van der Waals surface area contributed by atoms with Crippen LogP contribution in [0.25, 0.3) is 0 Å². The number of benzene rings is 4. The van der Waals surface area contributed by atoms with E-state index in [0.29, 0.717) is 11.1 Å². The first kappa shape index (κ1) is 33.4. The van der Waals surface area contributed by atoms with Gasteiger partial charge in [-0.1, -0.05) is 31.2 Å². The van der Waals surface area contributed by atoms with Gasteiger partial charge in [-0.25, -0.2) is 19.2 Å². The Kier molecular flexibility index (Phi) is 9.70. The van der Waals surface area contributed by atoms with Crippen LogP contribution in [-0.2, 0) is 19.7 Å². The molecule has 4 aromatic rings. The maximum absolute atomic E-state index is 13.5. The van der Waals surface area contributed by atoms with E-state index in [9.17, 15) is 49.2 Å². The first-order chi connectivity index (χ1) is 22.2. The topological polar surface area (TPSA) is 211 Å². The van der Waals surface area contributed by atoms with Crippen molar-refractivity contribution in [2.75, 3.05) is 0 Å². The minimum atomic E-state index is -1.54. The summed E-state index contributed by atoms with van der Waals surface area (Å²) in [6.07, 6.45) is -0.0562. The molecule has 0 spiro atoms. The van der Waals surface area contributed by atoms with Crippen molar-refractivity contribution in [3.63, 3.8) is 0 Å². The van der Waals surface area contributed by atoms with Gasteiger partial charge < -0.3 is 34.6 Å². The van der Waals surface area contributed by atoms with E-state index >= 15 is 0 Å². The number of esters is 2. The van der Waals surface area contributed by atoms with E-state index in [1.54, 1.807) is 24.3 Å². The van der Waals surface area contributed by atoms with Gasteiger partial charge in [0.25, 0.3) is 0 Å². The van der Waals surface area contributed by atoms with Crippen molar-refractivity contribution in [3.05, 3.63) is 118 Å². The molecule has 4 aromatic carbocycles. The Hall–Kier alpha value is -6.50. The van der Waals surface area contributed by atoms with Gasteiger partial charge in [0.15, 0.2) is 0 Å². The van der Waals surface area contributed by atoms with Crippen LogP contribution in [0, 0.1) is 0 Å². The third-order valence-corrected chi connectivity index (χ3v) is 7.14. The average molecular weight is 643 g/mol. The fourth-order valence-corrected chi connectivity index (χ4v) is 4.57. The summed E-state index contributed by atoms with van der Waals surface area (Å²) < 4.78 is 16.6. The van der Waals surface area contributed by atoms with Crippen LogP contribution in [0.3, 0.4) is 0 Å². The number of hydrogen-bond acceptors (Lipinski definition) is 9. The van der Waals surface area contributed by atoms with E-state index in [1.807, 2.05) is 0 Å². The average Bonchev–Trinajstić information content (AvgIpc) is 3.04. The van der Waals surface area contributed by atoms with Crippen LogP contribution in [-0.4, -0.2) is 56.2 Å². The molecule has 13 heteroatoms. The molecule has 0 unspecified atom stereocenters. The molecule has 0 heterocycles. The maximum Gasteiger partial charge on any atom is 0.336 e. The summed E-state index contributed by atoms with van der Waals surface area (Å²) in [5, 5.41) is 37.3. The molecule has 0 bridgehead atoms. The molecular weight excluding hydrogens is 616 g/mol. The van der Waals surface area contributed by atoms with Gasteiger partial charge >= 0.3 is 35.8 Å². The van der Waals surface area contributed by atoms with E-state index in [1.165, 1.54) is 50.2 Å². The highest BCUT2D eigenvalue weighted by Crippen LogP contribution is 2.37. The molecule has 0 atom stereocenters. The molecule has 0 saturated carbocycles. The van der Waals surface area contributed by atoms with Gasteiger partial charge in [0, 0.05) is 6.42 Å². The normalized spacial score (nSPS) is 10.9. The number of ether oxygens (including phenoxy) is 3. The number of rotatable bonds is 12. The summed E-state index contributed by atoms with van der Waals surface area (Å²) in [5.41, 5.74) is -2.52. The maximum atomic E-state index is 13.5. The molecule has 240 valence electrons. The van der Waals surface area contributed by atoms with Gasteiger partial charge in [-0.3, -0.25) is 9.59 Å². The van der Waals surface area contributed by atoms with Gasteiger partial charge in [0.05, 0.1) is 22.3 Å². The van der Waals surface area contributed by atoms with E-state index in [0.717, 1.165) is 24.3 Å². The fraction of sp³-hybridized carbons (Fsp3) is 0.118. The smallest absolute Gasteiger partial charge is 0.336 e. The summed E-state index contributed by atoms with van der Waals surface area (Å²) in [6, 6.07) is 19.1. The van der Waals surface area contributed by atoms with Crippen LogP contribution in [0.2, 0.25) is 0 Å². The van der Waals surface area contributed by atoms with E-state index < -0.39 is 63.5 Å². The van der Waals surface area contributed by atoms with Crippen molar-refractivity contribution in [1.82, 2.24) is 0 Å². The second-order valence-electron chi connectivity index (χ2n) is 10.1. The molecule has 0 fully saturated rings. The van der Waals surface area contributed by atoms with Crippen molar-refractivity contribution in [3.8, 4) is 23.0 Å². The predicted molar refractivity (Wildman–Crippen MR) is 162 cm³/mol. The summed E-state index contributed by atoms with van der Waals surface area (Å²) in [6.45, 7) is 3.07. The predicted octanol–water partition coefficient (Wildman–Crippen LogP) is 5.85. The van der Waals surface area contributed by atoms with Crippen molar-refractivity contribution >= 4 is 35.8 Å². The highest BCUT2D eigenvalue weighted by Gasteiger charge is 2.40. The molecule has 4 rings (SSSR count). The van der Waals surface area contributed by atoms with Gasteiger partial charge in [-0.2, -0.15) is 0 Å². The molecule has 4 N–H and O–H groups in total. The third-order valence-electron chi connectivity index (χ3n) is 7.14. The zero-order chi connectivity index (χ0) is 34.5. The highest BCUT2D eigenvalue weighted by molar-refractivity contribution is 6.02. The lowest BCUT2D eigenvalue weighted by Crippen LogP contribution is -2.37. The van der Waals surface area contributed by atoms with E-state index in [4.69, 9.17) is 14.2 Å². The minimum Gasteiger partial charge on any atom is -0.478 e. The third kappa shape index (κ3) is 7.26. The number of aromatic carboxylic acids is 4. The van der Waals surface area contributed by atoms with Crippen LogP contribution in [0.15, 0.2) is 84.9 Å². The Labute approximate surface area is 266 Å². The van der Waals surface area contributed by atoms with Crippen molar-refractivity contribution < 1.29 is 63.4 Å². The zero-order valence-electron chi connectivity index (χ0n) is 24.8. The lowest BCUT2D eigenvalue weighted by molar-refractivity contribution is -0.162. The number of carbonyl (C=O) groups is 6. The molecule has 0 aromatic heterocycles.